The van der Waals surface area contributed by atoms with Crippen molar-refractivity contribution in [1.82, 2.24) is 24.0 Å². The molecule has 0 saturated carbocycles. The zero-order valence-electron chi connectivity index (χ0n) is 18.5. The molecule has 5 rings (SSSR count). The minimum Gasteiger partial charge on any atom is -0.342 e. The first kappa shape index (κ1) is 20.5. The van der Waals surface area contributed by atoms with E-state index in [4.69, 9.17) is 4.98 Å². The fourth-order valence-corrected chi connectivity index (χ4v) is 4.89. The molecule has 1 N–H and O–H groups in total. The fourth-order valence-electron chi connectivity index (χ4n) is 4.89. The summed E-state index contributed by atoms with van der Waals surface area (Å²) in [6, 6.07) is 15.9. The summed E-state index contributed by atoms with van der Waals surface area (Å²) < 4.78 is 3.57. The second-order valence-electron chi connectivity index (χ2n) is 8.64. The van der Waals surface area contributed by atoms with Gasteiger partial charge in [-0.15, -0.1) is 0 Å². The molecule has 32 heavy (non-hydrogen) atoms. The summed E-state index contributed by atoms with van der Waals surface area (Å²) in [5, 5.41) is 0. The van der Waals surface area contributed by atoms with Crippen molar-refractivity contribution < 1.29 is 4.79 Å². The highest BCUT2D eigenvalue weighted by atomic mass is 16.2. The topological polar surface area (TPSA) is 75.9 Å². The normalized spacial score (nSPS) is 16.8. The van der Waals surface area contributed by atoms with Crippen molar-refractivity contribution in [2.45, 2.75) is 51.6 Å². The summed E-state index contributed by atoms with van der Waals surface area (Å²) in [6.07, 6.45) is 3.20. The average Bonchev–Trinajstić information content (AvgIpc) is 3.37. The molecule has 1 aliphatic rings. The number of carbonyl (C=O) groups excluding carboxylic acids is 1. The molecule has 4 aromatic rings. The number of aryl methyl sites for hydroxylation is 2. The predicted molar refractivity (Wildman–Crippen MR) is 126 cm³/mol. The molecule has 0 aliphatic carbocycles. The maximum atomic E-state index is 13.1. The third kappa shape index (κ3) is 3.72. The maximum absolute atomic E-state index is 13.1. The SMILES string of the molecule is CCCn1c(=O)n(CCC(=O)N2CCCC(c3nc4ccccc4[nH]3)C2)c2ccccc21. The van der Waals surface area contributed by atoms with Crippen molar-refractivity contribution in [3.63, 3.8) is 0 Å². The van der Waals surface area contributed by atoms with E-state index in [9.17, 15) is 9.59 Å². The van der Waals surface area contributed by atoms with Crippen molar-refractivity contribution in [1.29, 1.82) is 0 Å². The lowest BCUT2D eigenvalue weighted by atomic mass is 9.97. The Labute approximate surface area is 186 Å². The van der Waals surface area contributed by atoms with Gasteiger partial charge in [-0.25, -0.2) is 9.78 Å². The van der Waals surface area contributed by atoms with Gasteiger partial charge in [-0.05, 0) is 43.5 Å². The Morgan fingerprint density at radius 1 is 1.06 bits per heavy atom. The van der Waals surface area contributed by atoms with Gasteiger partial charge in [0.25, 0.3) is 0 Å². The van der Waals surface area contributed by atoms with Crippen LogP contribution in [0, 0.1) is 0 Å². The number of carbonyl (C=O) groups is 1. The molecule has 1 aliphatic heterocycles. The van der Waals surface area contributed by atoms with Gasteiger partial charge in [0.15, 0.2) is 0 Å². The number of benzene rings is 2. The van der Waals surface area contributed by atoms with Crippen molar-refractivity contribution in [3.05, 3.63) is 64.8 Å². The van der Waals surface area contributed by atoms with Gasteiger partial charge >= 0.3 is 5.69 Å². The Bertz CT molecular complexity index is 1280. The summed E-state index contributed by atoms with van der Waals surface area (Å²) in [4.78, 5) is 36.2. The molecule has 1 fully saturated rings. The Kier molecular flexibility index (Phi) is 5.55. The van der Waals surface area contributed by atoms with Crippen molar-refractivity contribution in [3.8, 4) is 0 Å². The number of H-pyrrole nitrogens is 1. The van der Waals surface area contributed by atoms with Gasteiger partial charge in [-0.2, -0.15) is 0 Å². The van der Waals surface area contributed by atoms with Crippen LogP contribution in [0.5, 0.6) is 0 Å². The molecule has 7 nitrogen and oxygen atoms in total. The van der Waals surface area contributed by atoms with E-state index in [-0.39, 0.29) is 17.5 Å². The molecule has 1 unspecified atom stereocenters. The van der Waals surface area contributed by atoms with E-state index in [0.717, 1.165) is 53.7 Å². The maximum Gasteiger partial charge on any atom is 0.329 e. The first-order valence-electron chi connectivity index (χ1n) is 11.6. The van der Waals surface area contributed by atoms with Gasteiger partial charge in [0.2, 0.25) is 5.91 Å². The van der Waals surface area contributed by atoms with Crippen LogP contribution in [0.25, 0.3) is 22.1 Å². The molecular weight excluding hydrogens is 402 g/mol. The number of likely N-dealkylation sites (tertiary alicyclic amines) is 1. The highest BCUT2D eigenvalue weighted by Gasteiger charge is 2.27. The lowest BCUT2D eigenvalue weighted by molar-refractivity contribution is -0.132. The summed E-state index contributed by atoms with van der Waals surface area (Å²) >= 11 is 0. The first-order chi connectivity index (χ1) is 15.7. The molecule has 1 atom stereocenters. The average molecular weight is 432 g/mol. The molecule has 166 valence electrons. The van der Waals surface area contributed by atoms with Crippen LogP contribution in [0.3, 0.4) is 0 Å². The van der Waals surface area contributed by atoms with E-state index in [2.05, 4.69) is 11.9 Å². The second kappa shape index (κ2) is 8.65. The number of aromatic nitrogens is 4. The molecule has 3 heterocycles. The number of para-hydroxylation sites is 4. The van der Waals surface area contributed by atoms with E-state index in [1.165, 1.54) is 0 Å². The first-order valence-corrected chi connectivity index (χ1v) is 11.6. The molecule has 1 saturated heterocycles. The van der Waals surface area contributed by atoms with Crippen LogP contribution in [-0.2, 0) is 17.9 Å². The van der Waals surface area contributed by atoms with Crippen LogP contribution in [0.1, 0.15) is 44.3 Å². The number of hydrogen-bond acceptors (Lipinski definition) is 3. The molecule has 2 aromatic carbocycles. The van der Waals surface area contributed by atoms with E-state index in [1.807, 2.05) is 58.0 Å². The molecule has 2 aromatic heterocycles. The third-order valence-electron chi connectivity index (χ3n) is 6.49. The quantitative estimate of drug-likeness (QED) is 0.503. The number of fused-ring (bicyclic) bond motifs is 2. The van der Waals surface area contributed by atoms with E-state index in [1.54, 1.807) is 4.57 Å². The van der Waals surface area contributed by atoms with Gasteiger partial charge in [0, 0.05) is 38.5 Å². The van der Waals surface area contributed by atoms with Crippen LogP contribution in [0.15, 0.2) is 53.3 Å². The van der Waals surface area contributed by atoms with Gasteiger partial charge in [-0.3, -0.25) is 13.9 Å². The van der Waals surface area contributed by atoms with E-state index < -0.39 is 0 Å². The molecule has 1 amide bonds. The van der Waals surface area contributed by atoms with Gasteiger partial charge in [0.05, 0.1) is 22.1 Å². The number of amides is 1. The molecular formula is C25H29N5O2. The largest absolute Gasteiger partial charge is 0.342 e. The summed E-state index contributed by atoms with van der Waals surface area (Å²) in [7, 11) is 0. The fraction of sp³-hybridized carbons (Fsp3) is 0.400. The lowest BCUT2D eigenvalue weighted by Crippen LogP contribution is -2.40. The Morgan fingerprint density at radius 3 is 2.53 bits per heavy atom. The van der Waals surface area contributed by atoms with Crippen LogP contribution in [-0.4, -0.2) is 43.0 Å². The van der Waals surface area contributed by atoms with Crippen LogP contribution in [0.4, 0.5) is 0 Å². The standard InChI is InChI=1S/C25H29N5O2/c1-2-14-29-21-11-5-6-12-22(21)30(25(29)32)16-13-23(31)28-15-7-8-18(17-28)24-26-19-9-3-4-10-20(19)27-24/h3-6,9-12,18H,2,7-8,13-17H2,1H3,(H,26,27). The number of imidazole rings is 2. The minimum absolute atomic E-state index is 0.0281. The van der Waals surface area contributed by atoms with E-state index >= 15 is 0 Å². The monoisotopic (exact) mass is 431 g/mol. The number of rotatable bonds is 6. The highest BCUT2D eigenvalue weighted by Crippen LogP contribution is 2.27. The van der Waals surface area contributed by atoms with Crippen molar-refractivity contribution in [2.75, 3.05) is 13.1 Å². The summed E-state index contributed by atoms with van der Waals surface area (Å²) in [5.41, 5.74) is 3.81. The smallest absolute Gasteiger partial charge is 0.329 e. The molecule has 0 radical (unpaired) electrons. The van der Waals surface area contributed by atoms with Gasteiger partial charge in [-0.1, -0.05) is 31.2 Å². The summed E-state index contributed by atoms with van der Waals surface area (Å²) in [6.45, 7) is 4.59. The third-order valence-corrected chi connectivity index (χ3v) is 6.49. The Hall–Kier alpha value is -3.35. The molecule has 0 bridgehead atoms. The highest BCUT2D eigenvalue weighted by molar-refractivity contribution is 5.78. The molecule has 7 heteroatoms. The van der Waals surface area contributed by atoms with Gasteiger partial charge in [0.1, 0.15) is 5.82 Å². The lowest BCUT2D eigenvalue weighted by Gasteiger charge is -2.32. The Morgan fingerprint density at radius 2 is 1.78 bits per heavy atom. The van der Waals surface area contributed by atoms with Crippen molar-refractivity contribution >= 4 is 28.0 Å². The van der Waals surface area contributed by atoms with Crippen molar-refractivity contribution in [2.24, 2.45) is 0 Å². The number of nitrogens with zero attached hydrogens (tertiary/aromatic N) is 4. The number of aromatic amines is 1. The minimum atomic E-state index is -0.0281. The number of piperidine rings is 1. The zero-order chi connectivity index (χ0) is 22.1. The van der Waals surface area contributed by atoms with Crippen LogP contribution >= 0.6 is 0 Å². The summed E-state index contributed by atoms with van der Waals surface area (Å²) in [5.74, 6) is 1.28. The second-order valence-corrected chi connectivity index (χ2v) is 8.64. The predicted octanol–water partition coefficient (Wildman–Crippen LogP) is 3.89. The van der Waals surface area contributed by atoms with Crippen LogP contribution < -0.4 is 5.69 Å². The van der Waals surface area contributed by atoms with Crippen LogP contribution in [0.2, 0.25) is 0 Å². The zero-order valence-corrected chi connectivity index (χ0v) is 18.5. The molecule has 0 spiro atoms. The Balaban J connectivity index is 1.30. The van der Waals surface area contributed by atoms with Gasteiger partial charge < -0.3 is 9.88 Å². The van der Waals surface area contributed by atoms with E-state index in [0.29, 0.717) is 26.1 Å². The number of nitrogens with one attached hydrogen (secondary N) is 1. The number of hydrogen-bond donors (Lipinski definition) is 1.